The third-order valence-electron chi connectivity index (χ3n) is 3.52. The van der Waals surface area contributed by atoms with Crippen molar-refractivity contribution >= 4 is 57.5 Å². The molecule has 27 heavy (non-hydrogen) atoms. The van der Waals surface area contributed by atoms with E-state index in [9.17, 15) is 4.79 Å². The van der Waals surface area contributed by atoms with Crippen molar-refractivity contribution in [2.45, 2.75) is 6.92 Å². The number of aliphatic imine (C=N–C) groups is 1. The number of rotatable bonds is 7. The van der Waals surface area contributed by atoms with E-state index in [4.69, 9.17) is 4.74 Å². The molecule has 0 fully saturated rings. The van der Waals surface area contributed by atoms with Gasteiger partial charge in [0.2, 0.25) is 5.91 Å². The number of hydrogen-bond donors (Lipinski definition) is 3. The van der Waals surface area contributed by atoms with Gasteiger partial charge in [-0.15, -0.1) is 24.0 Å². The minimum atomic E-state index is -0.144. The van der Waals surface area contributed by atoms with Crippen molar-refractivity contribution in [3.63, 3.8) is 0 Å². The van der Waals surface area contributed by atoms with Gasteiger partial charge in [0.25, 0.3) is 0 Å². The number of guanidine groups is 1. The average Bonchev–Trinajstić information content (AvgIpc) is 2.65. The highest BCUT2D eigenvalue weighted by molar-refractivity contribution is 14.0. The molecule has 0 aromatic heterocycles. The van der Waals surface area contributed by atoms with Gasteiger partial charge >= 0.3 is 0 Å². The molecule has 2 rings (SSSR count). The molecule has 146 valence electrons. The number of carbonyl (C=O) groups is 1. The van der Waals surface area contributed by atoms with Gasteiger partial charge in [0, 0.05) is 17.2 Å². The number of nitrogens with zero attached hydrogens (tertiary/aromatic N) is 1. The van der Waals surface area contributed by atoms with E-state index < -0.39 is 0 Å². The number of ether oxygens (including phenoxy) is 1. The number of benzene rings is 2. The maximum Gasteiger partial charge on any atom is 0.243 e. The largest absolute Gasteiger partial charge is 0.492 e. The predicted octanol–water partition coefficient (Wildman–Crippen LogP) is 3.56. The first-order valence-electron chi connectivity index (χ1n) is 8.27. The van der Waals surface area contributed by atoms with E-state index in [1.165, 1.54) is 0 Å². The number of aryl methyl sites for hydroxylation is 1. The van der Waals surface area contributed by atoms with Gasteiger partial charge in [0.1, 0.15) is 12.4 Å². The van der Waals surface area contributed by atoms with Gasteiger partial charge in [0.05, 0.1) is 13.1 Å². The van der Waals surface area contributed by atoms with E-state index in [0.29, 0.717) is 19.1 Å². The molecule has 0 aliphatic heterocycles. The van der Waals surface area contributed by atoms with Crippen LogP contribution in [0.1, 0.15) is 5.56 Å². The zero-order valence-electron chi connectivity index (χ0n) is 15.3. The van der Waals surface area contributed by atoms with Gasteiger partial charge in [-0.25, -0.2) is 0 Å². The highest BCUT2D eigenvalue weighted by atomic mass is 127. The molecule has 0 atom stereocenters. The van der Waals surface area contributed by atoms with Crippen LogP contribution >= 0.6 is 39.9 Å². The van der Waals surface area contributed by atoms with Crippen LogP contribution in [0.25, 0.3) is 0 Å². The minimum absolute atomic E-state index is 0. The Kier molecular flexibility index (Phi) is 10.8. The third-order valence-corrected chi connectivity index (χ3v) is 4.01. The number of halogens is 2. The van der Waals surface area contributed by atoms with E-state index in [1.807, 2.05) is 55.5 Å². The summed E-state index contributed by atoms with van der Waals surface area (Å²) in [7, 11) is 1.66. The first-order chi connectivity index (χ1) is 12.6. The topological polar surface area (TPSA) is 74.8 Å². The van der Waals surface area contributed by atoms with E-state index >= 15 is 0 Å². The molecule has 0 radical (unpaired) electrons. The van der Waals surface area contributed by atoms with Crippen LogP contribution in [0.15, 0.2) is 58.0 Å². The number of carbonyl (C=O) groups excluding carboxylic acids is 1. The average molecular weight is 547 g/mol. The smallest absolute Gasteiger partial charge is 0.243 e. The second-order valence-electron chi connectivity index (χ2n) is 5.52. The molecule has 0 unspecified atom stereocenters. The Morgan fingerprint density at radius 2 is 1.89 bits per heavy atom. The standard InChI is InChI=1S/C19H23BrN4O2.HI/c1-14-8-9-15(20)12-17(14)24-18(25)13-23-19(21-2)22-10-11-26-16-6-4-3-5-7-16;/h3-9,12H,10-11,13H2,1-2H3,(H,24,25)(H2,21,22,23);1H. The Morgan fingerprint density at radius 3 is 2.59 bits per heavy atom. The Hall–Kier alpha value is -1.81. The fraction of sp³-hybridized carbons (Fsp3) is 0.263. The number of nitrogens with one attached hydrogen (secondary N) is 3. The first kappa shape index (κ1) is 23.2. The summed E-state index contributed by atoms with van der Waals surface area (Å²) in [6, 6.07) is 15.4. The summed E-state index contributed by atoms with van der Waals surface area (Å²) in [5.41, 5.74) is 1.78. The van der Waals surface area contributed by atoms with Crippen molar-refractivity contribution in [1.82, 2.24) is 10.6 Å². The lowest BCUT2D eigenvalue weighted by Crippen LogP contribution is -2.42. The SMILES string of the molecule is CN=C(NCCOc1ccccc1)NCC(=O)Nc1cc(Br)ccc1C.I. The number of amides is 1. The number of hydrogen-bond acceptors (Lipinski definition) is 3. The molecule has 0 saturated heterocycles. The number of anilines is 1. The zero-order valence-corrected chi connectivity index (χ0v) is 19.2. The molecule has 0 heterocycles. The Balaban J connectivity index is 0.00000364. The Morgan fingerprint density at radius 1 is 1.15 bits per heavy atom. The summed E-state index contributed by atoms with van der Waals surface area (Å²) in [5, 5.41) is 8.97. The van der Waals surface area contributed by atoms with Gasteiger partial charge in [0.15, 0.2) is 5.96 Å². The molecule has 3 N–H and O–H groups in total. The van der Waals surface area contributed by atoms with E-state index in [2.05, 4.69) is 36.9 Å². The maximum atomic E-state index is 12.1. The number of para-hydroxylation sites is 1. The molecule has 0 aliphatic carbocycles. The summed E-state index contributed by atoms with van der Waals surface area (Å²) in [5.74, 6) is 1.22. The predicted molar refractivity (Wildman–Crippen MR) is 124 cm³/mol. The van der Waals surface area contributed by atoms with Crippen LogP contribution in [0, 0.1) is 6.92 Å². The van der Waals surface area contributed by atoms with Crippen molar-refractivity contribution in [3.05, 3.63) is 58.6 Å². The lowest BCUT2D eigenvalue weighted by atomic mass is 10.2. The van der Waals surface area contributed by atoms with Crippen molar-refractivity contribution in [2.75, 3.05) is 32.1 Å². The molecule has 0 spiro atoms. The summed E-state index contributed by atoms with van der Waals surface area (Å²) in [4.78, 5) is 16.2. The third kappa shape index (κ3) is 8.61. The van der Waals surface area contributed by atoms with Crippen LogP contribution < -0.4 is 20.7 Å². The molecular formula is C19H24BrIN4O2. The van der Waals surface area contributed by atoms with Gasteiger partial charge in [-0.05, 0) is 36.8 Å². The monoisotopic (exact) mass is 546 g/mol. The molecular weight excluding hydrogens is 523 g/mol. The van der Waals surface area contributed by atoms with E-state index in [1.54, 1.807) is 7.05 Å². The van der Waals surface area contributed by atoms with Crippen molar-refractivity contribution in [3.8, 4) is 5.75 Å². The van der Waals surface area contributed by atoms with Crippen LogP contribution in [0.2, 0.25) is 0 Å². The fourth-order valence-electron chi connectivity index (χ4n) is 2.16. The lowest BCUT2D eigenvalue weighted by Gasteiger charge is -2.13. The minimum Gasteiger partial charge on any atom is -0.492 e. The van der Waals surface area contributed by atoms with Gasteiger partial charge in [-0.1, -0.05) is 40.2 Å². The quantitative estimate of drug-likeness (QED) is 0.215. The van der Waals surface area contributed by atoms with Crippen LogP contribution in [-0.4, -0.2) is 38.6 Å². The highest BCUT2D eigenvalue weighted by Crippen LogP contribution is 2.20. The fourth-order valence-corrected chi connectivity index (χ4v) is 2.52. The summed E-state index contributed by atoms with van der Waals surface area (Å²) < 4.78 is 6.52. The molecule has 2 aromatic carbocycles. The highest BCUT2D eigenvalue weighted by Gasteiger charge is 2.06. The lowest BCUT2D eigenvalue weighted by molar-refractivity contribution is -0.115. The van der Waals surface area contributed by atoms with Crippen LogP contribution in [0.4, 0.5) is 5.69 Å². The van der Waals surface area contributed by atoms with Gasteiger partial charge in [-0.2, -0.15) is 0 Å². The van der Waals surface area contributed by atoms with E-state index in [0.717, 1.165) is 21.5 Å². The zero-order chi connectivity index (χ0) is 18.8. The summed E-state index contributed by atoms with van der Waals surface area (Å²) in [6.07, 6.45) is 0. The van der Waals surface area contributed by atoms with Crippen molar-refractivity contribution in [1.29, 1.82) is 0 Å². The molecule has 1 amide bonds. The molecule has 0 aliphatic rings. The van der Waals surface area contributed by atoms with Gasteiger partial charge in [-0.3, -0.25) is 9.79 Å². The van der Waals surface area contributed by atoms with Gasteiger partial charge < -0.3 is 20.7 Å². The molecule has 0 saturated carbocycles. The first-order valence-corrected chi connectivity index (χ1v) is 9.06. The van der Waals surface area contributed by atoms with Crippen molar-refractivity contribution in [2.24, 2.45) is 4.99 Å². The second-order valence-corrected chi connectivity index (χ2v) is 6.44. The van der Waals surface area contributed by atoms with Crippen LogP contribution in [-0.2, 0) is 4.79 Å². The molecule has 6 nitrogen and oxygen atoms in total. The normalized spacial score (nSPS) is 10.6. The van der Waals surface area contributed by atoms with E-state index in [-0.39, 0.29) is 36.4 Å². The molecule has 2 aromatic rings. The Bertz CT molecular complexity index is 757. The van der Waals surface area contributed by atoms with Crippen molar-refractivity contribution < 1.29 is 9.53 Å². The van der Waals surface area contributed by atoms with Crippen LogP contribution in [0.3, 0.4) is 0 Å². The maximum absolute atomic E-state index is 12.1. The van der Waals surface area contributed by atoms with Crippen LogP contribution in [0.5, 0.6) is 5.75 Å². The summed E-state index contributed by atoms with van der Waals surface area (Å²) in [6.45, 7) is 3.13. The summed E-state index contributed by atoms with van der Waals surface area (Å²) >= 11 is 3.40. The molecule has 8 heteroatoms. The second kappa shape index (κ2) is 12.6. The molecule has 0 bridgehead atoms. The Labute approximate surface area is 185 Å².